The molecule has 1 aliphatic heterocycles. The molecule has 0 unspecified atom stereocenters. The van der Waals surface area contributed by atoms with Crippen LogP contribution >= 0.6 is 11.3 Å². The van der Waals surface area contributed by atoms with Crippen molar-refractivity contribution < 1.29 is 14.5 Å². The molecule has 2 amide bonds. The van der Waals surface area contributed by atoms with Gasteiger partial charge < -0.3 is 0 Å². The molecule has 1 aromatic heterocycles. The SMILES string of the molecule is O=C1[C@H]2C3c4ccccc4C(/C=N\Nc4nc5ccccc5s4)(c4ccccc43)[C@H]2C(=O)N1c1ccccc1[N+](=O)[O-]. The lowest BCUT2D eigenvalue weighted by Gasteiger charge is -2.52. The van der Waals surface area contributed by atoms with E-state index in [1.807, 2.05) is 72.8 Å². The van der Waals surface area contributed by atoms with E-state index in [0.29, 0.717) is 5.13 Å². The summed E-state index contributed by atoms with van der Waals surface area (Å²) in [6.07, 6.45) is 1.73. The van der Waals surface area contributed by atoms with E-state index < -0.39 is 34.0 Å². The molecule has 1 N–H and O–H groups in total. The Morgan fingerprint density at radius 1 is 0.881 bits per heavy atom. The number of amides is 2. The molecule has 42 heavy (non-hydrogen) atoms. The van der Waals surface area contributed by atoms with Gasteiger partial charge >= 0.3 is 0 Å². The van der Waals surface area contributed by atoms with Crippen LogP contribution in [0.2, 0.25) is 0 Å². The summed E-state index contributed by atoms with van der Waals surface area (Å²) in [4.78, 5) is 45.8. The Kier molecular flexibility index (Phi) is 5.20. The number of nitro groups is 1. The number of thiazole rings is 1. The van der Waals surface area contributed by atoms with Gasteiger partial charge in [0.25, 0.3) is 5.69 Å². The number of hydrogen-bond acceptors (Lipinski definition) is 8. The van der Waals surface area contributed by atoms with Crippen LogP contribution in [0.1, 0.15) is 28.2 Å². The molecule has 9 rings (SSSR count). The number of nitrogens with one attached hydrogen (secondary N) is 1. The van der Waals surface area contributed by atoms with E-state index in [9.17, 15) is 19.7 Å². The summed E-state index contributed by atoms with van der Waals surface area (Å²) < 4.78 is 1.01. The maximum atomic E-state index is 14.5. The fraction of sp³-hybridized carbons (Fsp3) is 0.125. The Morgan fingerprint density at radius 2 is 1.52 bits per heavy atom. The number of anilines is 2. The first-order chi connectivity index (χ1) is 20.5. The number of aromatic nitrogens is 1. The Labute approximate surface area is 243 Å². The lowest BCUT2D eigenvalue weighted by Crippen LogP contribution is -2.54. The topological polar surface area (TPSA) is 118 Å². The van der Waals surface area contributed by atoms with E-state index in [4.69, 9.17) is 0 Å². The van der Waals surface area contributed by atoms with Crippen molar-refractivity contribution in [3.05, 3.63) is 129 Å². The van der Waals surface area contributed by atoms with Gasteiger partial charge in [0.2, 0.25) is 16.9 Å². The number of carbonyl (C=O) groups excluding carboxylic acids is 2. The monoisotopic (exact) mass is 571 g/mol. The van der Waals surface area contributed by atoms with Gasteiger partial charge in [0.15, 0.2) is 0 Å². The van der Waals surface area contributed by atoms with Gasteiger partial charge in [-0.3, -0.25) is 25.1 Å². The van der Waals surface area contributed by atoms with Gasteiger partial charge in [-0.25, -0.2) is 9.88 Å². The Morgan fingerprint density at radius 3 is 2.24 bits per heavy atom. The Hall–Kier alpha value is -5.22. The highest BCUT2D eigenvalue weighted by atomic mass is 32.1. The van der Waals surface area contributed by atoms with Crippen LogP contribution in [0.4, 0.5) is 16.5 Å². The first-order valence-corrected chi connectivity index (χ1v) is 14.3. The molecule has 5 aromatic rings. The number of rotatable bonds is 5. The zero-order valence-electron chi connectivity index (χ0n) is 21.9. The molecule has 0 spiro atoms. The third kappa shape index (κ3) is 3.18. The van der Waals surface area contributed by atoms with Gasteiger partial charge in [-0.1, -0.05) is 84.1 Å². The summed E-state index contributed by atoms with van der Waals surface area (Å²) in [5, 5.41) is 17.2. The number of benzene rings is 4. The van der Waals surface area contributed by atoms with Crippen molar-refractivity contribution in [3.8, 4) is 0 Å². The van der Waals surface area contributed by atoms with Crippen LogP contribution < -0.4 is 10.3 Å². The second-order valence-corrected chi connectivity index (χ2v) is 11.7. The number of imide groups is 1. The van der Waals surface area contributed by atoms with Crippen LogP contribution in [0.15, 0.2) is 102 Å². The lowest BCUT2D eigenvalue weighted by atomic mass is 9.47. The first kappa shape index (κ1) is 24.6. The second-order valence-electron chi connectivity index (χ2n) is 10.6. The summed E-state index contributed by atoms with van der Waals surface area (Å²) in [6, 6.07) is 29.4. The number of nitrogens with zero attached hydrogens (tertiary/aromatic N) is 4. The molecule has 4 aliphatic rings. The lowest BCUT2D eigenvalue weighted by molar-refractivity contribution is -0.384. The molecule has 1 saturated heterocycles. The van der Waals surface area contributed by atoms with E-state index in [1.165, 1.54) is 29.5 Å². The maximum Gasteiger partial charge on any atom is 0.293 e. The molecule has 2 bridgehead atoms. The van der Waals surface area contributed by atoms with Crippen LogP contribution in [0.3, 0.4) is 0 Å². The quantitative estimate of drug-likeness (QED) is 0.122. The maximum absolute atomic E-state index is 14.5. The van der Waals surface area contributed by atoms with Crippen LogP contribution in [-0.4, -0.2) is 27.9 Å². The molecule has 2 atom stereocenters. The normalized spacial score (nSPS) is 23.7. The van der Waals surface area contributed by atoms with E-state index in [-0.39, 0.29) is 17.3 Å². The van der Waals surface area contributed by atoms with E-state index >= 15 is 0 Å². The summed E-state index contributed by atoms with van der Waals surface area (Å²) in [7, 11) is 0. The van der Waals surface area contributed by atoms with Gasteiger partial charge in [0.1, 0.15) is 5.69 Å². The highest BCUT2D eigenvalue weighted by Gasteiger charge is 2.68. The highest BCUT2D eigenvalue weighted by molar-refractivity contribution is 7.22. The zero-order valence-corrected chi connectivity index (χ0v) is 22.7. The second kappa shape index (κ2) is 8.89. The predicted octanol–water partition coefficient (Wildman–Crippen LogP) is 5.85. The Balaban J connectivity index is 1.33. The van der Waals surface area contributed by atoms with Crippen molar-refractivity contribution in [1.29, 1.82) is 0 Å². The van der Waals surface area contributed by atoms with Crippen molar-refractivity contribution in [2.45, 2.75) is 11.3 Å². The van der Waals surface area contributed by atoms with Crippen LogP contribution in [0.5, 0.6) is 0 Å². The summed E-state index contributed by atoms with van der Waals surface area (Å²) in [5.41, 5.74) is 6.22. The Bertz CT molecular complexity index is 1920. The molecule has 9 nitrogen and oxygen atoms in total. The van der Waals surface area contributed by atoms with Crippen molar-refractivity contribution in [2.75, 3.05) is 10.3 Å². The third-order valence-corrected chi connectivity index (χ3v) is 9.67. The summed E-state index contributed by atoms with van der Waals surface area (Å²) in [6.45, 7) is 0. The minimum absolute atomic E-state index is 0.0147. The minimum Gasteiger partial charge on any atom is -0.274 e. The van der Waals surface area contributed by atoms with Gasteiger partial charge in [-0.05, 0) is 40.5 Å². The molecule has 4 aromatic carbocycles. The third-order valence-electron chi connectivity index (χ3n) is 8.73. The average molecular weight is 572 g/mol. The van der Waals surface area contributed by atoms with Gasteiger partial charge in [-0.2, -0.15) is 5.10 Å². The smallest absolute Gasteiger partial charge is 0.274 e. The number of carbonyl (C=O) groups is 2. The molecular weight excluding hydrogens is 550 g/mol. The first-order valence-electron chi connectivity index (χ1n) is 13.5. The zero-order chi connectivity index (χ0) is 28.6. The van der Waals surface area contributed by atoms with Crippen molar-refractivity contribution in [3.63, 3.8) is 0 Å². The number of para-hydroxylation sites is 3. The molecule has 0 radical (unpaired) electrons. The molecule has 0 saturated carbocycles. The standard InChI is InChI=1S/C32H21N5O4S/c38-29-27-26-18-9-1-3-11-20(18)32(21-12-4-2-10-19(21)26,17-33-35-31-34-22-13-5-8-16-25(22)42-31)28(27)30(39)36(29)23-14-6-7-15-24(23)37(40)41/h1-17,26-28H,(H,34,35)/b33-17-/t26?,27-,28+,32?/m0/s1. The number of nitro benzene ring substituents is 1. The van der Waals surface area contributed by atoms with Gasteiger partial charge in [0, 0.05) is 18.2 Å². The molecular formula is C32H21N5O4S. The predicted molar refractivity (Wildman–Crippen MR) is 160 cm³/mol. The van der Waals surface area contributed by atoms with Crippen LogP contribution in [0, 0.1) is 22.0 Å². The van der Waals surface area contributed by atoms with Gasteiger partial charge in [0.05, 0.1) is 32.4 Å². The largest absolute Gasteiger partial charge is 0.293 e. The van der Waals surface area contributed by atoms with Crippen molar-refractivity contribution in [2.24, 2.45) is 16.9 Å². The molecule has 204 valence electrons. The van der Waals surface area contributed by atoms with E-state index in [0.717, 1.165) is 37.4 Å². The number of hydrogen-bond donors (Lipinski definition) is 1. The van der Waals surface area contributed by atoms with Crippen molar-refractivity contribution >= 4 is 56.1 Å². The van der Waals surface area contributed by atoms with E-state index in [2.05, 4.69) is 15.5 Å². The van der Waals surface area contributed by atoms with Crippen molar-refractivity contribution in [1.82, 2.24) is 4.98 Å². The van der Waals surface area contributed by atoms with Gasteiger partial charge in [-0.15, -0.1) is 0 Å². The molecule has 2 heterocycles. The summed E-state index contributed by atoms with van der Waals surface area (Å²) >= 11 is 1.46. The molecule has 10 heteroatoms. The number of hydrazone groups is 1. The molecule has 3 aliphatic carbocycles. The van der Waals surface area contributed by atoms with Crippen LogP contribution in [-0.2, 0) is 15.0 Å². The molecule has 1 fully saturated rings. The summed E-state index contributed by atoms with van der Waals surface area (Å²) in [5.74, 6) is -2.89. The van der Waals surface area contributed by atoms with Crippen LogP contribution in [0.25, 0.3) is 10.2 Å². The minimum atomic E-state index is -1.10. The number of fused-ring (bicyclic) bond motifs is 1. The fourth-order valence-electron chi connectivity index (χ4n) is 7.20. The van der Waals surface area contributed by atoms with E-state index in [1.54, 1.807) is 12.3 Å². The fourth-order valence-corrected chi connectivity index (χ4v) is 8.02. The highest BCUT2D eigenvalue weighted by Crippen LogP contribution is 2.64. The average Bonchev–Trinajstić information content (AvgIpc) is 3.55.